The van der Waals surface area contributed by atoms with Gasteiger partial charge in [-0.1, -0.05) is 18.2 Å². The molecule has 0 unspecified atom stereocenters. The fraction of sp³-hybridized carbons (Fsp3) is 0.235. The molecule has 24 heavy (non-hydrogen) atoms. The van der Waals surface area contributed by atoms with Crippen LogP contribution in [0.25, 0.3) is 5.69 Å². The van der Waals surface area contributed by atoms with Crippen molar-refractivity contribution in [1.29, 1.82) is 0 Å². The summed E-state index contributed by atoms with van der Waals surface area (Å²) in [7, 11) is 0. The molecule has 0 bridgehead atoms. The molecule has 1 aliphatic carbocycles. The van der Waals surface area contributed by atoms with Gasteiger partial charge in [0.05, 0.1) is 5.56 Å². The minimum Gasteiger partial charge on any atom is -0.325 e. The smallest absolute Gasteiger partial charge is 0.325 e. The number of H-pyrrole nitrogens is 1. The number of thiophene rings is 1. The molecule has 0 saturated heterocycles. The van der Waals surface area contributed by atoms with E-state index in [1.54, 1.807) is 9.58 Å². The third-order valence-electron chi connectivity index (χ3n) is 4.09. The van der Waals surface area contributed by atoms with E-state index in [1.165, 1.54) is 11.3 Å². The van der Waals surface area contributed by atoms with Crippen LogP contribution in [0.5, 0.6) is 0 Å². The van der Waals surface area contributed by atoms with Gasteiger partial charge < -0.3 is 4.90 Å². The van der Waals surface area contributed by atoms with Crippen LogP contribution in [-0.4, -0.2) is 22.1 Å². The Balaban J connectivity index is 1.68. The largest absolute Gasteiger partial charge is 0.432 e. The normalized spacial score (nSPS) is 13.8. The summed E-state index contributed by atoms with van der Waals surface area (Å²) in [4.78, 5) is 26.7. The first-order chi connectivity index (χ1) is 11.7. The maximum absolute atomic E-state index is 12.8. The molecule has 6 nitrogen and oxygen atoms in total. The molecule has 0 atom stereocenters. The Bertz CT molecular complexity index is 895. The molecule has 4 rings (SSSR count). The van der Waals surface area contributed by atoms with E-state index in [1.807, 2.05) is 47.2 Å². The van der Waals surface area contributed by atoms with Gasteiger partial charge in [0.25, 0.3) is 5.91 Å². The standard InChI is InChI=1S/C17H15N3O3S/c21-16(12-8-9-24-11-12)19(13-6-7-13)10-15-17(22)23-18-20(15)14-4-2-1-3-5-14/h1-5,8-9,11,13H,6-7,10H2/p+1. The van der Waals surface area contributed by atoms with Gasteiger partial charge >= 0.3 is 11.3 Å². The fourth-order valence-electron chi connectivity index (χ4n) is 2.68. The highest BCUT2D eigenvalue weighted by Gasteiger charge is 2.37. The molecule has 1 aliphatic rings. The van der Waals surface area contributed by atoms with E-state index in [4.69, 9.17) is 4.52 Å². The highest BCUT2D eigenvalue weighted by Crippen LogP contribution is 2.29. The van der Waals surface area contributed by atoms with Crippen LogP contribution in [0.3, 0.4) is 0 Å². The van der Waals surface area contributed by atoms with Crippen molar-refractivity contribution in [2.24, 2.45) is 0 Å². The molecule has 122 valence electrons. The van der Waals surface area contributed by atoms with Crippen LogP contribution >= 0.6 is 11.3 Å². The van der Waals surface area contributed by atoms with Crippen LogP contribution < -0.4 is 10.3 Å². The predicted molar refractivity (Wildman–Crippen MR) is 88.1 cm³/mol. The number of carbonyl (C=O) groups excluding carboxylic acids is 1. The van der Waals surface area contributed by atoms with Gasteiger partial charge in [-0.25, -0.2) is 4.79 Å². The summed E-state index contributed by atoms with van der Waals surface area (Å²) >= 11 is 1.49. The molecule has 1 saturated carbocycles. The summed E-state index contributed by atoms with van der Waals surface area (Å²) in [6.07, 6.45) is 1.94. The lowest BCUT2D eigenvalue weighted by atomic mass is 10.2. The Kier molecular flexibility index (Phi) is 3.78. The van der Waals surface area contributed by atoms with Crippen molar-refractivity contribution < 1.29 is 14.0 Å². The van der Waals surface area contributed by atoms with E-state index in [0.717, 1.165) is 18.5 Å². The lowest BCUT2D eigenvalue weighted by molar-refractivity contribution is -0.678. The quantitative estimate of drug-likeness (QED) is 0.722. The number of amides is 1. The minimum absolute atomic E-state index is 0.0426. The molecule has 1 fully saturated rings. The zero-order valence-electron chi connectivity index (χ0n) is 12.8. The van der Waals surface area contributed by atoms with Crippen molar-refractivity contribution in [2.45, 2.75) is 25.4 Å². The number of aromatic amines is 1. The summed E-state index contributed by atoms with van der Waals surface area (Å²) in [6.45, 7) is 0.222. The zero-order chi connectivity index (χ0) is 16.5. The fourth-order valence-corrected chi connectivity index (χ4v) is 3.31. The Morgan fingerprint density at radius 1 is 1.29 bits per heavy atom. The number of hydrogen-bond donors (Lipinski definition) is 1. The van der Waals surface area contributed by atoms with Crippen LogP contribution in [0, 0.1) is 0 Å². The zero-order valence-corrected chi connectivity index (χ0v) is 13.7. The number of nitrogens with one attached hydrogen (secondary N) is 1. The molecule has 2 heterocycles. The average molecular weight is 342 g/mol. The van der Waals surface area contributed by atoms with Crippen LogP contribution in [0.4, 0.5) is 0 Å². The number of nitrogens with zero attached hydrogens (tertiary/aromatic N) is 2. The van der Waals surface area contributed by atoms with Crippen LogP contribution in [0.1, 0.15) is 28.9 Å². The number of aromatic nitrogens is 2. The summed E-state index contributed by atoms with van der Waals surface area (Å²) < 4.78 is 6.56. The van der Waals surface area contributed by atoms with E-state index in [-0.39, 0.29) is 18.5 Å². The van der Waals surface area contributed by atoms with Gasteiger partial charge in [-0.15, -0.1) is 0 Å². The van der Waals surface area contributed by atoms with Crippen molar-refractivity contribution in [3.8, 4) is 5.69 Å². The van der Waals surface area contributed by atoms with Gasteiger partial charge in [0.15, 0.2) is 0 Å². The molecule has 1 aromatic carbocycles. The second-order valence-electron chi connectivity index (χ2n) is 5.77. The number of carbonyl (C=O) groups is 1. The number of rotatable bonds is 5. The van der Waals surface area contributed by atoms with Crippen molar-refractivity contribution in [1.82, 2.24) is 10.2 Å². The van der Waals surface area contributed by atoms with E-state index in [9.17, 15) is 9.59 Å². The van der Waals surface area contributed by atoms with E-state index < -0.39 is 5.63 Å². The van der Waals surface area contributed by atoms with E-state index in [0.29, 0.717) is 11.3 Å². The Hall–Kier alpha value is -2.67. The molecule has 1 N–H and O–H groups in total. The molecular formula is C17H16N3O3S+. The van der Waals surface area contributed by atoms with Gasteiger partial charge in [-0.05, 0) is 34.2 Å². The Morgan fingerprint density at radius 2 is 2.08 bits per heavy atom. The number of benzene rings is 1. The Labute approximate surface area is 141 Å². The van der Waals surface area contributed by atoms with Crippen molar-refractivity contribution in [2.75, 3.05) is 0 Å². The van der Waals surface area contributed by atoms with Gasteiger partial charge in [-0.2, -0.15) is 11.3 Å². The van der Waals surface area contributed by atoms with Crippen molar-refractivity contribution in [3.63, 3.8) is 0 Å². The second-order valence-corrected chi connectivity index (χ2v) is 6.55. The third kappa shape index (κ3) is 2.78. The second kappa shape index (κ2) is 6.09. The first kappa shape index (κ1) is 14.9. The SMILES string of the molecule is O=C(c1ccsc1)N(Cc1c(=O)o[nH][n+]1-c1ccccc1)C1CC1. The monoisotopic (exact) mass is 342 g/mol. The Morgan fingerprint density at radius 3 is 2.75 bits per heavy atom. The molecule has 7 heteroatoms. The van der Waals surface area contributed by atoms with Crippen molar-refractivity contribution >= 4 is 17.2 Å². The molecule has 3 aromatic rings. The van der Waals surface area contributed by atoms with E-state index in [2.05, 4.69) is 5.27 Å². The predicted octanol–water partition coefficient (Wildman–Crippen LogP) is 2.11. The molecule has 0 radical (unpaired) electrons. The summed E-state index contributed by atoms with van der Waals surface area (Å²) in [5.41, 5.74) is 1.41. The minimum atomic E-state index is -0.456. The maximum Gasteiger partial charge on any atom is 0.432 e. The summed E-state index contributed by atoms with van der Waals surface area (Å²) in [5, 5.41) is 6.34. The number of para-hydroxylation sites is 1. The van der Waals surface area contributed by atoms with Crippen molar-refractivity contribution in [3.05, 3.63) is 68.8 Å². The van der Waals surface area contributed by atoms with Gasteiger partial charge in [0, 0.05) is 23.6 Å². The first-order valence-electron chi connectivity index (χ1n) is 7.75. The summed E-state index contributed by atoms with van der Waals surface area (Å²) in [6, 6.07) is 11.4. The molecule has 1 amide bonds. The molecule has 0 aliphatic heterocycles. The average Bonchev–Trinajstić information content (AvgIpc) is 3.17. The maximum atomic E-state index is 12.8. The third-order valence-corrected chi connectivity index (χ3v) is 4.77. The highest BCUT2D eigenvalue weighted by atomic mass is 32.1. The molecule has 2 aromatic heterocycles. The van der Waals surface area contributed by atoms with Crippen LogP contribution in [0.2, 0.25) is 0 Å². The molecular weight excluding hydrogens is 326 g/mol. The lowest BCUT2D eigenvalue weighted by Gasteiger charge is -2.19. The van der Waals surface area contributed by atoms with Crippen LogP contribution in [-0.2, 0) is 6.54 Å². The highest BCUT2D eigenvalue weighted by molar-refractivity contribution is 7.08. The van der Waals surface area contributed by atoms with E-state index >= 15 is 0 Å². The van der Waals surface area contributed by atoms with Gasteiger partial charge in [-0.3, -0.25) is 9.32 Å². The number of hydrogen-bond acceptors (Lipinski definition) is 4. The van der Waals surface area contributed by atoms with Gasteiger partial charge in [0.2, 0.25) is 5.69 Å². The van der Waals surface area contributed by atoms with Crippen LogP contribution in [0.15, 0.2) is 56.5 Å². The first-order valence-corrected chi connectivity index (χ1v) is 8.69. The van der Waals surface area contributed by atoms with Gasteiger partial charge in [0.1, 0.15) is 6.54 Å². The molecule has 0 spiro atoms. The lowest BCUT2D eigenvalue weighted by Crippen LogP contribution is -2.43. The topological polar surface area (TPSA) is 70.2 Å². The summed E-state index contributed by atoms with van der Waals surface area (Å²) in [5.74, 6) is -0.0426.